The van der Waals surface area contributed by atoms with Crippen LogP contribution in [0.5, 0.6) is 0 Å². The molecule has 0 aliphatic carbocycles. The Labute approximate surface area is 172 Å². The van der Waals surface area contributed by atoms with Gasteiger partial charge in [-0.25, -0.2) is 8.42 Å². The summed E-state index contributed by atoms with van der Waals surface area (Å²) in [5, 5.41) is 3.45. The van der Waals surface area contributed by atoms with Crippen LogP contribution in [0.25, 0.3) is 0 Å². The molecule has 0 radical (unpaired) electrons. The zero-order valence-electron chi connectivity index (χ0n) is 16.7. The number of nitrogens with zero attached hydrogens (tertiary/aromatic N) is 1. The maximum atomic E-state index is 12.3. The first-order valence-corrected chi connectivity index (χ1v) is 11.4. The van der Waals surface area contributed by atoms with Gasteiger partial charge < -0.3 is 5.32 Å². The van der Waals surface area contributed by atoms with Crippen molar-refractivity contribution in [2.45, 2.75) is 39.7 Å². The highest BCUT2D eigenvalue weighted by atomic mass is 35.5. The molecular formula is C21H27ClN2O3S. The number of hydrogen-bond acceptors (Lipinski definition) is 3. The molecule has 0 heterocycles. The molecule has 1 atom stereocenters. The number of aryl methyl sites for hydroxylation is 2. The molecule has 2 rings (SSSR count). The Kier molecular flexibility index (Phi) is 7.49. The van der Waals surface area contributed by atoms with E-state index < -0.39 is 10.0 Å². The fourth-order valence-electron chi connectivity index (χ4n) is 3.20. The molecule has 2 aromatic rings. The predicted octanol–water partition coefficient (Wildman–Crippen LogP) is 4.38. The Bertz CT molecular complexity index is 944. The zero-order valence-corrected chi connectivity index (χ0v) is 18.3. The van der Waals surface area contributed by atoms with Gasteiger partial charge in [-0.15, -0.1) is 0 Å². The third-order valence-corrected chi connectivity index (χ3v) is 5.96. The van der Waals surface area contributed by atoms with Crippen LogP contribution >= 0.6 is 11.6 Å². The lowest BCUT2D eigenvalue weighted by Crippen LogP contribution is -2.32. The number of amides is 1. The fraction of sp³-hybridized carbons (Fsp3) is 0.381. The summed E-state index contributed by atoms with van der Waals surface area (Å²) in [7, 11) is -3.47. The summed E-state index contributed by atoms with van der Waals surface area (Å²) in [5.74, 6) is -0.105. The van der Waals surface area contributed by atoms with Crippen LogP contribution in [-0.4, -0.2) is 27.1 Å². The number of carbonyl (C=O) groups is 1. The highest BCUT2D eigenvalue weighted by Gasteiger charge is 2.18. The predicted molar refractivity (Wildman–Crippen MR) is 115 cm³/mol. The molecular weight excluding hydrogens is 396 g/mol. The minimum atomic E-state index is -3.47. The molecule has 0 spiro atoms. The largest absolute Gasteiger partial charge is 0.350 e. The van der Waals surface area contributed by atoms with E-state index in [2.05, 4.69) is 11.4 Å². The maximum Gasteiger partial charge on any atom is 0.232 e. The van der Waals surface area contributed by atoms with Gasteiger partial charge in [-0.3, -0.25) is 9.10 Å². The van der Waals surface area contributed by atoms with E-state index in [0.29, 0.717) is 17.1 Å². The average Bonchev–Trinajstić information content (AvgIpc) is 2.57. The van der Waals surface area contributed by atoms with Gasteiger partial charge in [-0.05, 0) is 56.5 Å². The first kappa shape index (κ1) is 22.2. The van der Waals surface area contributed by atoms with E-state index >= 15 is 0 Å². The summed E-state index contributed by atoms with van der Waals surface area (Å²) >= 11 is 5.98. The van der Waals surface area contributed by atoms with E-state index in [1.807, 2.05) is 32.9 Å². The van der Waals surface area contributed by atoms with Crippen molar-refractivity contribution in [2.24, 2.45) is 0 Å². The molecule has 0 fully saturated rings. The SMILES string of the molecule is Cc1ccc([C@H](C)NC(=O)CCCN(c2cccc(Cl)c2)S(C)(=O)=O)c(C)c1. The third-order valence-electron chi connectivity index (χ3n) is 4.53. The summed E-state index contributed by atoms with van der Waals surface area (Å²) in [5.41, 5.74) is 3.90. The highest BCUT2D eigenvalue weighted by Crippen LogP contribution is 2.22. The zero-order chi connectivity index (χ0) is 20.9. The summed E-state index contributed by atoms with van der Waals surface area (Å²) in [6.45, 7) is 6.22. The molecule has 0 bridgehead atoms. The standard InChI is InChI=1S/C21H27ClN2O3S/c1-15-10-11-20(16(2)13-15)17(3)23-21(25)9-6-12-24(28(4,26)27)19-8-5-7-18(22)14-19/h5,7-8,10-11,13-14,17H,6,9,12H2,1-4H3,(H,23,25)/t17-/m0/s1. The smallest absolute Gasteiger partial charge is 0.232 e. The van der Waals surface area contributed by atoms with Crippen molar-refractivity contribution in [3.63, 3.8) is 0 Å². The van der Waals surface area contributed by atoms with E-state index in [-0.39, 0.29) is 24.9 Å². The number of sulfonamides is 1. The molecule has 0 unspecified atom stereocenters. The molecule has 0 aliphatic rings. The normalized spacial score (nSPS) is 12.5. The van der Waals surface area contributed by atoms with Crippen LogP contribution in [0, 0.1) is 13.8 Å². The van der Waals surface area contributed by atoms with E-state index in [1.54, 1.807) is 24.3 Å². The van der Waals surface area contributed by atoms with Crippen LogP contribution in [0.1, 0.15) is 42.5 Å². The van der Waals surface area contributed by atoms with Crippen molar-refractivity contribution < 1.29 is 13.2 Å². The number of carbonyl (C=O) groups excluding carboxylic acids is 1. The van der Waals surface area contributed by atoms with Crippen molar-refractivity contribution in [2.75, 3.05) is 17.1 Å². The van der Waals surface area contributed by atoms with Crippen LogP contribution in [0.2, 0.25) is 5.02 Å². The first-order chi connectivity index (χ1) is 13.1. The molecule has 0 aliphatic heterocycles. The minimum Gasteiger partial charge on any atom is -0.350 e. The highest BCUT2D eigenvalue weighted by molar-refractivity contribution is 7.92. The topological polar surface area (TPSA) is 66.5 Å². The lowest BCUT2D eigenvalue weighted by molar-refractivity contribution is -0.121. The Morgan fingerprint density at radius 3 is 2.50 bits per heavy atom. The summed E-state index contributed by atoms with van der Waals surface area (Å²) in [6.07, 6.45) is 1.79. The van der Waals surface area contributed by atoms with Gasteiger partial charge in [0, 0.05) is 18.0 Å². The van der Waals surface area contributed by atoms with Crippen LogP contribution in [0.3, 0.4) is 0 Å². The average molecular weight is 423 g/mol. The molecule has 1 N–H and O–H groups in total. The molecule has 1 amide bonds. The van der Waals surface area contributed by atoms with Crippen molar-refractivity contribution in [1.82, 2.24) is 5.32 Å². The first-order valence-electron chi connectivity index (χ1n) is 9.17. The van der Waals surface area contributed by atoms with E-state index in [1.165, 1.54) is 9.87 Å². The molecule has 152 valence electrons. The van der Waals surface area contributed by atoms with Gasteiger partial charge in [0.1, 0.15) is 0 Å². The van der Waals surface area contributed by atoms with E-state index in [4.69, 9.17) is 11.6 Å². The molecule has 5 nitrogen and oxygen atoms in total. The number of nitrogens with one attached hydrogen (secondary N) is 1. The maximum absolute atomic E-state index is 12.3. The number of hydrogen-bond donors (Lipinski definition) is 1. The Morgan fingerprint density at radius 2 is 1.89 bits per heavy atom. The van der Waals surface area contributed by atoms with Crippen molar-refractivity contribution in [3.8, 4) is 0 Å². The minimum absolute atomic E-state index is 0.105. The number of halogens is 1. The molecule has 0 aromatic heterocycles. The molecule has 28 heavy (non-hydrogen) atoms. The van der Waals surface area contributed by atoms with E-state index in [9.17, 15) is 13.2 Å². The fourth-order valence-corrected chi connectivity index (χ4v) is 4.35. The molecule has 0 saturated heterocycles. The van der Waals surface area contributed by atoms with Gasteiger partial charge in [0.2, 0.25) is 15.9 Å². The molecule has 7 heteroatoms. The van der Waals surface area contributed by atoms with Gasteiger partial charge in [-0.2, -0.15) is 0 Å². The monoisotopic (exact) mass is 422 g/mol. The van der Waals surface area contributed by atoms with Crippen molar-refractivity contribution in [1.29, 1.82) is 0 Å². The number of rotatable bonds is 8. The second kappa shape index (κ2) is 9.43. The molecule has 2 aromatic carbocycles. The van der Waals surface area contributed by atoms with Gasteiger partial charge in [-0.1, -0.05) is 41.4 Å². The number of benzene rings is 2. The van der Waals surface area contributed by atoms with Crippen LogP contribution in [-0.2, 0) is 14.8 Å². The van der Waals surface area contributed by atoms with Gasteiger partial charge in [0.25, 0.3) is 0 Å². The lowest BCUT2D eigenvalue weighted by Gasteiger charge is -2.23. The Hall–Kier alpha value is -2.05. The lowest BCUT2D eigenvalue weighted by atomic mass is 10.00. The van der Waals surface area contributed by atoms with Crippen LogP contribution in [0.4, 0.5) is 5.69 Å². The molecule has 0 saturated carbocycles. The van der Waals surface area contributed by atoms with Crippen LogP contribution in [0.15, 0.2) is 42.5 Å². The Balaban J connectivity index is 1.95. The Morgan fingerprint density at radius 1 is 1.18 bits per heavy atom. The van der Waals surface area contributed by atoms with Crippen LogP contribution < -0.4 is 9.62 Å². The summed E-state index contributed by atoms with van der Waals surface area (Å²) < 4.78 is 25.5. The van der Waals surface area contributed by atoms with Gasteiger partial charge in [0.05, 0.1) is 18.0 Å². The van der Waals surface area contributed by atoms with Crippen molar-refractivity contribution in [3.05, 3.63) is 64.2 Å². The van der Waals surface area contributed by atoms with E-state index in [0.717, 1.165) is 17.4 Å². The second-order valence-electron chi connectivity index (χ2n) is 7.07. The second-order valence-corrected chi connectivity index (χ2v) is 9.41. The quantitative estimate of drug-likeness (QED) is 0.686. The summed E-state index contributed by atoms with van der Waals surface area (Å²) in [4.78, 5) is 12.3. The number of anilines is 1. The van der Waals surface area contributed by atoms with Gasteiger partial charge >= 0.3 is 0 Å². The third kappa shape index (κ3) is 6.24. The van der Waals surface area contributed by atoms with Crippen molar-refractivity contribution >= 4 is 33.2 Å². The van der Waals surface area contributed by atoms with Gasteiger partial charge in [0.15, 0.2) is 0 Å². The summed E-state index contributed by atoms with van der Waals surface area (Å²) in [6, 6.07) is 12.7.